The van der Waals surface area contributed by atoms with Crippen LogP contribution >= 0.6 is 0 Å². The van der Waals surface area contributed by atoms with Crippen LogP contribution in [0, 0.1) is 11.8 Å². The van der Waals surface area contributed by atoms with Gasteiger partial charge in [-0.3, -0.25) is 14.4 Å². The van der Waals surface area contributed by atoms with Crippen molar-refractivity contribution in [2.24, 2.45) is 11.8 Å². The Morgan fingerprint density at radius 3 is 2.47 bits per heavy atom. The van der Waals surface area contributed by atoms with Crippen molar-refractivity contribution in [3.8, 4) is 0 Å². The standard InChI is InChI=1S/C22H29N5O3/c28-19-13-24-20-18(27(19)14-15-3-4-15)11-17(12-23-20)22(30)26-9-5-16(6-10-26)21(29)25-7-1-2-8-25/h11-12,15-16H,1-10,13-14H2,(H,23,24). The number of piperidine rings is 1. The van der Waals surface area contributed by atoms with Crippen LogP contribution in [-0.4, -0.2) is 71.8 Å². The molecule has 5 rings (SSSR count). The van der Waals surface area contributed by atoms with Crippen molar-refractivity contribution in [2.75, 3.05) is 49.5 Å². The SMILES string of the molecule is O=C(c1cnc2c(c1)N(CC1CC1)C(=O)CN2)N1CCC(C(=O)N2CCCC2)CC1. The highest BCUT2D eigenvalue weighted by atomic mass is 16.2. The van der Waals surface area contributed by atoms with Gasteiger partial charge in [0, 0.05) is 44.8 Å². The van der Waals surface area contributed by atoms with Crippen LogP contribution in [0.15, 0.2) is 12.3 Å². The van der Waals surface area contributed by atoms with Gasteiger partial charge in [0.15, 0.2) is 0 Å². The number of fused-ring (bicyclic) bond motifs is 1. The Kier molecular flexibility index (Phi) is 5.08. The van der Waals surface area contributed by atoms with Crippen LogP contribution in [0.3, 0.4) is 0 Å². The van der Waals surface area contributed by atoms with Crippen LogP contribution in [0.1, 0.15) is 48.9 Å². The maximum Gasteiger partial charge on any atom is 0.255 e. The van der Waals surface area contributed by atoms with Crippen molar-refractivity contribution in [1.82, 2.24) is 14.8 Å². The fraction of sp³-hybridized carbons (Fsp3) is 0.636. The summed E-state index contributed by atoms with van der Waals surface area (Å²) in [5, 5.41) is 3.06. The number of anilines is 2. The molecule has 4 aliphatic rings. The second-order valence-corrected chi connectivity index (χ2v) is 8.99. The van der Waals surface area contributed by atoms with E-state index in [1.54, 1.807) is 17.2 Å². The molecular weight excluding hydrogens is 382 g/mol. The molecule has 1 N–H and O–H groups in total. The molecule has 1 aromatic rings. The lowest BCUT2D eigenvalue weighted by Crippen LogP contribution is -2.44. The van der Waals surface area contributed by atoms with E-state index < -0.39 is 0 Å². The molecule has 8 nitrogen and oxygen atoms in total. The Morgan fingerprint density at radius 2 is 1.77 bits per heavy atom. The third kappa shape index (κ3) is 3.75. The average Bonchev–Trinajstić information content (AvgIpc) is 3.43. The number of amides is 3. The zero-order valence-corrected chi connectivity index (χ0v) is 17.3. The van der Waals surface area contributed by atoms with E-state index in [0.29, 0.717) is 55.5 Å². The molecule has 30 heavy (non-hydrogen) atoms. The van der Waals surface area contributed by atoms with Gasteiger partial charge in [0.25, 0.3) is 5.91 Å². The number of hydrogen-bond acceptors (Lipinski definition) is 5. The molecule has 0 unspecified atom stereocenters. The number of nitrogens with zero attached hydrogens (tertiary/aromatic N) is 4. The van der Waals surface area contributed by atoms with Gasteiger partial charge in [0.1, 0.15) is 5.82 Å². The molecule has 0 atom stereocenters. The summed E-state index contributed by atoms with van der Waals surface area (Å²) < 4.78 is 0. The lowest BCUT2D eigenvalue weighted by atomic mass is 9.95. The van der Waals surface area contributed by atoms with Gasteiger partial charge >= 0.3 is 0 Å². The summed E-state index contributed by atoms with van der Waals surface area (Å²) in [6.07, 6.45) is 7.54. The zero-order chi connectivity index (χ0) is 20.7. The van der Waals surface area contributed by atoms with E-state index in [1.165, 1.54) is 0 Å². The predicted octanol–water partition coefficient (Wildman–Crippen LogP) is 1.72. The molecule has 0 bridgehead atoms. The van der Waals surface area contributed by atoms with Gasteiger partial charge in [-0.2, -0.15) is 0 Å². The van der Waals surface area contributed by atoms with E-state index in [-0.39, 0.29) is 30.2 Å². The monoisotopic (exact) mass is 411 g/mol. The Morgan fingerprint density at radius 1 is 1.03 bits per heavy atom. The molecule has 0 aromatic carbocycles. The van der Waals surface area contributed by atoms with Crippen molar-refractivity contribution in [2.45, 2.75) is 38.5 Å². The Labute approximate surface area is 176 Å². The summed E-state index contributed by atoms with van der Waals surface area (Å²) in [5.41, 5.74) is 1.22. The number of nitrogens with one attached hydrogen (secondary N) is 1. The second-order valence-electron chi connectivity index (χ2n) is 8.99. The van der Waals surface area contributed by atoms with Gasteiger partial charge in [0.05, 0.1) is 17.8 Å². The summed E-state index contributed by atoms with van der Waals surface area (Å²) in [6.45, 7) is 3.88. The molecule has 0 spiro atoms. The topological polar surface area (TPSA) is 85.9 Å². The molecule has 1 aromatic heterocycles. The quantitative estimate of drug-likeness (QED) is 0.816. The summed E-state index contributed by atoms with van der Waals surface area (Å²) in [5.74, 6) is 1.48. The summed E-state index contributed by atoms with van der Waals surface area (Å²) >= 11 is 0. The Hall–Kier alpha value is -2.64. The van der Waals surface area contributed by atoms with E-state index in [4.69, 9.17) is 0 Å². The molecule has 3 aliphatic heterocycles. The lowest BCUT2D eigenvalue weighted by Gasteiger charge is -2.34. The van der Waals surface area contributed by atoms with Crippen molar-refractivity contribution in [1.29, 1.82) is 0 Å². The van der Waals surface area contributed by atoms with E-state index in [9.17, 15) is 14.4 Å². The zero-order valence-electron chi connectivity index (χ0n) is 17.3. The Bertz CT molecular complexity index is 854. The van der Waals surface area contributed by atoms with Crippen molar-refractivity contribution in [3.05, 3.63) is 17.8 Å². The van der Waals surface area contributed by atoms with Crippen LogP contribution < -0.4 is 10.2 Å². The van der Waals surface area contributed by atoms with Crippen LogP contribution in [-0.2, 0) is 9.59 Å². The molecule has 3 fully saturated rings. The maximum atomic E-state index is 13.1. The van der Waals surface area contributed by atoms with E-state index in [0.717, 1.165) is 38.8 Å². The first-order chi connectivity index (χ1) is 14.6. The lowest BCUT2D eigenvalue weighted by molar-refractivity contribution is -0.135. The molecule has 8 heteroatoms. The van der Waals surface area contributed by atoms with Crippen LogP contribution in [0.25, 0.3) is 0 Å². The number of hydrogen-bond donors (Lipinski definition) is 1. The van der Waals surface area contributed by atoms with Crippen LogP contribution in [0.2, 0.25) is 0 Å². The second kappa shape index (κ2) is 7.89. The normalized spacial score (nSPS) is 22.1. The van der Waals surface area contributed by atoms with Gasteiger partial charge in [-0.1, -0.05) is 0 Å². The molecule has 3 amide bonds. The molecule has 1 aliphatic carbocycles. The van der Waals surface area contributed by atoms with Gasteiger partial charge in [-0.25, -0.2) is 4.98 Å². The molecule has 2 saturated heterocycles. The predicted molar refractivity (Wildman–Crippen MR) is 112 cm³/mol. The fourth-order valence-electron chi connectivity index (χ4n) is 4.77. The minimum atomic E-state index is -0.0678. The number of likely N-dealkylation sites (tertiary alicyclic amines) is 2. The fourth-order valence-corrected chi connectivity index (χ4v) is 4.77. The maximum absolute atomic E-state index is 13.1. The largest absolute Gasteiger partial charge is 0.359 e. The minimum Gasteiger partial charge on any atom is -0.359 e. The molecule has 4 heterocycles. The van der Waals surface area contributed by atoms with Crippen LogP contribution in [0.4, 0.5) is 11.5 Å². The number of carbonyl (C=O) groups is 3. The Balaban J connectivity index is 1.26. The number of pyridine rings is 1. The average molecular weight is 412 g/mol. The summed E-state index contributed by atoms with van der Waals surface area (Å²) in [4.78, 5) is 48.2. The highest BCUT2D eigenvalue weighted by Crippen LogP contribution is 2.35. The third-order valence-electron chi connectivity index (χ3n) is 6.80. The molecule has 160 valence electrons. The first-order valence-electron chi connectivity index (χ1n) is 11.2. The highest BCUT2D eigenvalue weighted by Gasteiger charge is 2.34. The third-order valence-corrected chi connectivity index (χ3v) is 6.80. The highest BCUT2D eigenvalue weighted by molar-refractivity contribution is 6.04. The van der Waals surface area contributed by atoms with Crippen molar-refractivity contribution in [3.63, 3.8) is 0 Å². The minimum absolute atomic E-state index is 0.0297. The summed E-state index contributed by atoms with van der Waals surface area (Å²) in [7, 11) is 0. The molecular formula is C22H29N5O3. The van der Waals surface area contributed by atoms with E-state index in [1.807, 2.05) is 9.80 Å². The molecule has 0 radical (unpaired) electrons. The number of rotatable bonds is 4. The smallest absolute Gasteiger partial charge is 0.255 e. The van der Waals surface area contributed by atoms with E-state index >= 15 is 0 Å². The van der Waals surface area contributed by atoms with Crippen molar-refractivity contribution < 1.29 is 14.4 Å². The van der Waals surface area contributed by atoms with Crippen LogP contribution in [0.5, 0.6) is 0 Å². The number of aromatic nitrogens is 1. The molecule has 1 saturated carbocycles. The van der Waals surface area contributed by atoms with Gasteiger partial charge < -0.3 is 20.0 Å². The van der Waals surface area contributed by atoms with Gasteiger partial charge in [0.2, 0.25) is 11.8 Å². The number of carbonyl (C=O) groups excluding carboxylic acids is 3. The van der Waals surface area contributed by atoms with Crippen molar-refractivity contribution >= 4 is 29.2 Å². The van der Waals surface area contributed by atoms with E-state index in [2.05, 4.69) is 10.3 Å². The first kappa shape index (κ1) is 19.3. The van der Waals surface area contributed by atoms with Gasteiger partial charge in [-0.05, 0) is 50.5 Å². The van der Waals surface area contributed by atoms with Gasteiger partial charge in [-0.15, -0.1) is 0 Å². The summed E-state index contributed by atoms with van der Waals surface area (Å²) in [6, 6.07) is 1.80. The first-order valence-corrected chi connectivity index (χ1v) is 11.2.